The molecule has 1 amide bonds. The quantitative estimate of drug-likeness (QED) is 0.395. The van der Waals surface area contributed by atoms with Gasteiger partial charge in [0.15, 0.2) is 5.76 Å². The predicted molar refractivity (Wildman–Crippen MR) is 88.3 cm³/mol. The maximum Gasteiger partial charge on any atom is 0.310 e. The Hall–Kier alpha value is -2.15. The van der Waals surface area contributed by atoms with Gasteiger partial charge in [-0.05, 0) is 51.3 Å². The Bertz CT molecular complexity index is 620. The Labute approximate surface area is 136 Å². The summed E-state index contributed by atoms with van der Waals surface area (Å²) in [6.45, 7) is 2.88. The second-order valence-electron chi connectivity index (χ2n) is 5.64. The average Bonchev–Trinajstić information content (AvgIpc) is 3.04. The minimum Gasteiger partial charge on any atom is -0.451 e. The zero-order valence-corrected chi connectivity index (χ0v) is 13.5. The second kappa shape index (κ2) is 8.47. The summed E-state index contributed by atoms with van der Waals surface area (Å²) in [7, 11) is 4.14. The van der Waals surface area contributed by atoms with Crippen molar-refractivity contribution in [1.29, 1.82) is 0 Å². The van der Waals surface area contributed by atoms with Crippen LogP contribution < -0.4 is 10.8 Å². The fourth-order valence-electron chi connectivity index (χ4n) is 2.21. The molecule has 1 aromatic carbocycles. The number of benzene rings is 1. The van der Waals surface area contributed by atoms with Gasteiger partial charge in [-0.15, -0.1) is 0 Å². The van der Waals surface area contributed by atoms with Crippen LogP contribution >= 0.6 is 0 Å². The lowest BCUT2D eigenvalue weighted by Gasteiger charge is -2.10. The van der Waals surface area contributed by atoms with E-state index >= 15 is 0 Å². The monoisotopic (exact) mass is 317 g/mol. The molecule has 2 aromatic rings. The number of carbonyl (C=O) groups excluding carboxylic acids is 1. The van der Waals surface area contributed by atoms with Crippen LogP contribution in [0, 0.1) is 0 Å². The third kappa shape index (κ3) is 5.21. The maximum atomic E-state index is 11.3. The number of hydroxylamine groups is 1. The van der Waals surface area contributed by atoms with Gasteiger partial charge in [0.25, 0.3) is 0 Å². The summed E-state index contributed by atoms with van der Waals surface area (Å²) >= 11 is 0. The largest absolute Gasteiger partial charge is 0.451 e. The fourth-order valence-corrected chi connectivity index (χ4v) is 2.21. The summed E-state index contributed by atoms with van der Waals surface area (Å²) in [6.07, 6.45) is 1.12. The molecule has 6 nitrogen and oxygen atoms in total. The molecule has 0 aliphatic carbocycles. The SMILES string of the molecule is CN(C)CCCNCc1ccc(-c2ccc(C(=O)NO)o2)cc1. The molecule has 0 bridgehead atoms. The van der Waals surface area contributed by atoms with Crippen molar-refractivity contribution in [3.05, 3.63) is 47.7 Å². The summed E-state index contributed by atoms with van der Waals surface area (Å²) in [5.41, 5.74) is 3.63. The normalized spacial score (nSPS) is 11.0. The third-order valence-electron chi connectivity index (χ3n) is 3.46. The topological polar surface area (TPSA) is 77.7 Å². The van der Waals surface area contributed by atoms with Crippen LogP contribution in [0.15, 0.2) is 40.8 Å². The van der Waals surface area contributed by atoms with Crippen molar-refractivity contribution in [3.8, 4) is 11.3 Å². The van der Waals surface area contributed by atoms with Crippen molar-refractivity contribution in [2.75, 3.05) is 27.2 Å². The standard InChI is InChI=1S/C17H23N3O3/c1-20(2)11-3-10-18-12-13-4-6-14(7-5-13)15-8-9-16(23-15)17(21)19-22/h4-9,18,22H,3,10-12H2,1-2H3,(H,19,21). The Morgan fingerprint density at radius 2 is 1.91 bits per heavy atom. The van der Waals surface area contributed by atoms with Gasteiger partial charge in [-0.2, -0.15) is 0 Å². The van der Waals surface area contributed by atoms with Gasteiger partial charge in [0.1, 0.15) is 5.76 Å². The van der Waals surface area contributed by atoms with Gasteiger partial charge in [-0.25, -0.2) is 5.48 Å². The molecule has 3 N–H and O–H groups in total. The van der Waals surface area contributed by atoms with Gasteiger partial charge in [0.2, 0.25) is 0 Å². The van der Waals surface area contributed by atoms with Crippen LogP contribution in [0.3, 0.4) is 0 Å². The summed E-state index contributed by atoms with van der Waals surface area (Å²) in [6, 6.07) is 11.2. The number of amides is 1. The lowest BCUT2D eigenvalue weighted by atomic mass is 10.1. The molecule has 23 heavy (non-hydrogen) atoms. The first-order valence-corrected chi connectivity index (χ1v) is 7.59. The highest BCUT2D eigenvalue weighted by Gasteiger charge is 2.11. The van der Waals surface area contributed by atoms with E-state index in [1.54, 1.807) is 11.5 Å². The van der Waals surface area contributed by atoms with Crippen molar-refractivity contribution < 1.29 is 14.4 Å². The predicted octanol–water partition coefficient (Wildman–Crippen LogP) is 2.11. The fraction of sp³-hybridized carbons (Fsp3) is 0.353. The average molecular weight is 317 g/mol. The number of furan rings is 1. The van der Waals surface area contributed by atoms with Crippen LogP contribution in [0.2, 0.25) is 0 Å². The summed E-state index contributed by atoms with van der Waals surface area (Å²) in [5.74, 6) is 0.0121. The first kappa shape index (κ1) is 17.2. The minimum atomic E-state index is -0.658. The van der Waals surface area contributed by atoms with Crippen LogP contribution in [-0.2, 0) is 6.54 Å². The molecule has 6 heteroatoms. The molecule has 124 valence electrons. The first-order chi connectivity index (χ1) is 11.1. The number of nitrogens with zero attached hydrogens (tertiary/aromatic N) is 1. The lowest BCUT2D eigenvalue weighted by molar-refractivity contribution is 0.0677. The summed E-state index contributed by atoms with van der Waals surface area (Å²) < 4.78 is 5.41. The Balaban J connectivity index is 1.87. The van der Waals surface area contributed by atoms with E-state index in [1.165, 1.54) is 11.6 Å². The van der Waals surface area contributed by atoms with E-state index in [1.807, 2.05) is 24.3 Å². The molecule has 0 unspecified atom stereocenters. The van der Waals surface area contributed by atoms with Crippen molar-refractivity contribution >= 4 is 5.91 Å². The van der Waals surface area contributed by atoms with Gasteiger partial charge in [0, 0.05) is 12.1 Å². The van der Waals surface area contributed by atoms with Crippen LogP contribution in [0.5, 0.6) is 0 Å². The zero-order valence-electron chi connectivity index (χ0n) is 13.5. The van der Waals surface area contributed by atoms with Gasteiger partial charge in [0.05, 0.1) is 0 Å². The Morgan fingerprint density at radius 3 is 2.57 bits per heavy atom. The Kier molecular flexibility index (Phi) is 6.34. The van der Waals surface area contributed by atoms with E-state index in [-0.39, 0.29) is 5.76 Å². The molecule has 1 aromatic heterocycles. The molecule has 0 radical (unpaired) electrons. The van der Waals surface area contributed by atoms with Crippen LogP contribution in [0.25, 0.3) is 11.3 Å². The van der Waals surface area contributed by atoms with Crippen molar-refractivity contribution in [1.82, 2.24) is 15.7 Å². The van der Waals surface area contributed by atoms with Crippen molar-refractivity contribution in [2.24, 2.45) is 0 Å². The van der Waals surface area contributed by atoms with Crippen LogP contribution in [0.1, 0.15) is 22.5 Å². The highest BCUT2D eigenvalue weighted by molar-refractivity contribution is 5.91. The maximum absolute atomic E-state index is 11.3. The van der Waals surface area contributed by atoms with Crippen molar-refractivity contribution in [2.45, 2.75) is 13.0 Å². The first-order valence-electron chi connectivity index (χ1n) is 7.59. The zero-order chi connectivity index (χ0) is 16.7. The van der Waals surface area contributed by atoms with E-state index in [0.717, 1.165) is 31.6 Å². The molecule has 0 saturated heterocycles. The highest BCUT2D eigenvalue weighted by Crippen LogP contribution is 2.22. The van der Waals surface area contributed by atoms with E-state index < -0.39 is 5.91 Å². The lowest BCUT2D eigenvalue weighted by Crippen LogP contribution is -2.20. The van der Waals surface area contributed by atoms with Gasteiger partial charge >= 0.3 is 5.91 Å². The molecular weight excluding hydrogens is 294 g/mol. The molecule has 2 rings (SSSR count). The number of nitrogens with one attached hydrogen (secondary N) is 2. The molecular formula is C17H23N3O3. The van der Waals surface area contributed by atoms with Crippen LogP contribution in [-0.4, -0.2) is 43.2 Å². The van der Waals surface area contributed by atoms with Gasteiger partial charge in [-0.1, -0.05) is 24.3 Å². The molecule has 0 aliphatic heterocycles. The highest BCUT2D eigenvalue weighted by atomic mass is 16.5. The van der Waals surface area contributed by atoms with Crippen LogP contribution in [0.4, 0.5) is 0 Å². The molecule has 0 aliphatic rings. The summed E-state index contributed by atoms with van der Waals surface area (Å²) in [5, 5.41) is 12.0. The second-order valence-corrected chi connectivity index (χ2v) is 5.64. The molecule has 1 heterocycles. The molecule has 0 saturated carbocycles. The van der Waals surface area contributed by atoms with E-state index in [4.69, 9.17) is 9.62 Å². The number of rotatable bonds is 8. The molecule has 0 atom stereocenters. The van der Waals surface area contributed by atoms with Gasteiger partial charge < -0.3 is 14.6 Å². The van der Waals surface area contributed by atoms with E-state index in [0.29, 0.717) is 5.76 Å². The Morgan fingerprint density at radius 1 is 1.17 bits per heavy atom. The number of hydrogen-bond acceptors (Lipinski definition) is 5. The van der Waals surface area contributed by atoms with Crippen molar-refractivity contribution in [3.63, 3.8) is 0 Å². The van der Waals surface area contributed by atoms with E-state index in [2.05, 4.69) is 24.3 Å². The molecule has 0 fully saturated rings. The minimum absolute atomic E-state index is 0.0779. The summed E-state index contributed by atoms with van der Waals surface area (Å²) in [4.78, 5) is 13.4. The third-order valence-corrected chi connectivity index (χ3v) is 3.46. The smallest absolute Gasteiger partial charge is 0.310 e. The molecule has 0 spiro atoms. The number of carbonyl (C=O) groups is 1. The van der Waals surface area contributed by atoms with E-state index in [9.17, 15) is 4.79 Å². The number of hydrogen-bond donors (Lipinski definition) is 3. The van der Waals surface area contributed by atoms with Gasteiger partial charge in [-0.3, -0.25) is 10.0 Å².